The SMILES string of the molecule is CCCCCNC(=S)Nc1nc(C)cc(Nc2ccc(OCC)cc2)n1. The van der Waals surface area contributed by atoms with Crippen LogP contribution in [0, 0.1) is 6.92 Å². The maximum absolute atomic E-state index is 5.46. The molecular formula is C19H27N5OS. The van der Waals surface area contributed by atoms with Gasteiger partial charge in [0, 0.05) is 24.0 Å². The van der Waals surface area contributed by atoms with Gasteiger partial charge in [-0.25, -0.2) is 4.98 Å². The van der Waals surface area contributed by atoms with Crippen LogP contribution in [-0.2, 0) is 0 Å². The summed E-state index contributed by atoms with van der Waals surface area (Å²) < 4.78 is 5.46. The fourth-order valence-electron chi connectivity index (χ4n) is 2.36. The van der Waals surface area contributed by atoms with Crippen molar-refractivity contribution in [3.05, 3.63) is 36.0 Å². The van der Waals surface area contributed by atoms with Crippen molar-refractivity contribution < 1.29 is 4.74 Å². The van der Waals surface area contributed by atoms with Crippen molar-refractivity contribution in [2.75, 3.05) is 23.8 Å². The third kappa shape index (κ3) is 6.84. The van der Waals surface area contributed by atoms with Crippen LogP contribution >= 0.6 is 12.2 Å². The van der Waals surface area contributed by atoms with Crippen LogP contribution in [0.15, 0.2) is 30.3 Å². The predicted octanol–water partition coefficient (Wildman–Crippen LogP) is 4.40. The van der Waals surface area contributed by atoms with Gasteiger partial charge >= 0.3 is 0 Å². The van der Waals surface area contributed by atoms with Crippen LogP contribution in [0.5, 0.6) is 5.75 Å². The summed E-state index contributed by atoms with van der Waals surface area (Å²) in [7, 11) is 0. The molecule has 2 aromatic rings. The zero-order chi connectivity index (χ0) is 18.8. The highest BCUT2D eigenvalue weighted by Crippen LogP contribution is 2.20. The van der Waals surface area contributed by atoms with Gasteiger partial charge in [0.1, 0.15) is 11.6 Å². The molecule has 0 radical (unpaired) electrons. The molecule has 1 heterocycles. The first-order chi connectivity index (χ1) is 12.6. The molecule has 0 aliphatic heterocycles. The number of benzene rings is 1. The van der Waals surface area contributed by atoms with Crippen LogP contribution in [0.1, 0.15) is 38.8 Å². The van der Waals surface area contributed by atoms with Gasteiger partial charge in [0.05, 0.1) is 6.61 Å². The molecule has 140 valence electrons. The van der Waals surface area contributed by atoms with Gasteiger partial charge in [0.25, 0.3) is 0 Å². The van der Waals surface area contributed by atoms with Crippen molar-refractivity contribution in [2.45, 2.75) is 40.0 Å². The third-order valence-electron chi connectivity index (χ3n) is 3.58. The third-order valence-corrected chi connectivity index (χ3v) is 3.83. The first-order valence-electron chi connectivity index (χ1n) is 9.01. The number of hydrogen-bond acceptors (Lipinski definition) is 5. The first-order valence-corrected chi connectivity index (χ1v) is 9.42. The van der Waals surface area contributed by atoms with Crippen molar-refractivity contribution >= 4 is 34.8 Å². The minimum absolute atomic E-state index is 0.478. The number of nitrogens with zero attached hydrogens (tertiary/aromatic N) is 2. The maximum Gasteiger partial charge on any atom is 0.231 e. The molecule has 0 amide bonds. The molecule has 0 atom stereocenters. The molecule has 0 aliphatic rings. The smallest absolute Gasteiger partial charge is 0.231 e. The van der Waals surface area contributed by atoms with Crippen LogP contribution in [0.25, 0.3) is 0 Å². The molecule has 1 aromatic carbocycles. The number of nitrogens with one attached hydrogen (secondary N) is 3. The summed E-state index contributed by atoms with van der Waals surface area (Å²) in [6.07, 6.45) is 3.47. The number of anilines is 3. The quantitative estimate of drug-likeness (QED) is 0.444. The van der Waals surface area contributed by atoms with Crippen molar-refractivity contribution in [2.24, 2.45) is 0 Å². The first kappa shape index (κ1) is 19.9. The van der Waals surface area contributed by atoms with E-state index in [4.69, 9.17) is 17.0 Å². The summed E-state index contributed by atoms with van der Waals surface area (Å²) in [5.74, 6) is 2.03. The molecule has 3 N–H and O–H groups in total. The van der Waals surface area contributed by atoms with Crippen LogP contribution in [0.3, 0.4) is 0 Å². The van der Waals surface area contributed by atoms with E-state index in [1.165, 1.54) is 12.8 Å². The van der Waals surface area contributed by atoms with E-state index in [0.29, 0.717) is 23.5 Å². The fraction of sp³-hybridized carbons (Fsp3) is 0.421. The summed E-state index contributed by atoms with van der Waals surface area (Å²) in [4.78, 5) is 8.87. The van der Waals surface area contributed by atoms with E-state index in [1.54, 1.807) is 0 Å². The summed E-state index contributed by atoms with van der Waals surface area (Å²) in [6.45, 7) is 7.57. The molecule has 1 aromatic heterocycles. The van der Waals surface area contributed by atoms with Gasteiger partial charge < -0.3 is 20.7 Å². The van der Waals surface area contributed by atoms with E-state index in [1.807, 2.05) is 44.2 Å². The number of thiocarbonyl (C=S) groups is 1. The summed E-state index contributed by atoms with van der Waals surface area (Å²) in [5, 5.41) is 10.0. The lowest BCUT2D eigenvalue weighted by Crippen LogP contribution is -2.30. The second-order valence-electron chi connectivity index (χ2n) is 5.89. The van der Waals surface area contributed by atoms with Crippen LogP contribution in [0.2, 0.25) is 0 Å². The molecule has 0 saturated heterocycles. The maximum atomic E-state index is 5.46. The minimum atomic E-state index is 0.478. The molecule has 0 fully saturated rings. The highest BCUT2D eigenvalue weighted by molar-refractivity contribution is 7.80. The predicted molar refractivity (Wildman–Crippen MR) is 111 cm³/mol. The number of ether oxygens (including phenoxy) is 1. The summed E-state index contributed by atoms with van der Waals surface area (Å²) in [6, 6.07) is 9.65. The lowest BCUT2D eigenvalue weighted by atomic mass is 10.2. The number of unbranched alkanes of at least 4 members (excludes halogenated alkanes) is 2. The Labute approximate surface area is 160 Å². The van der Waals surface area contributed by atoms with Crippen molar-refractivity contribution in [1.82, 2.24) is 15.3 Å². The molecule has 0 aliphatic carbocycles. The highest BCUT2D eigenvalue weighted by Gasteiger charge is 2.05. The Hall–Kier alpha value is -2.41. The lowest BCUT2D eigenvalue weighted by Gasteiger charge is -2.12. The molecule has 7 heteroatoms. The van der Waals surface area contributed by atoms with Crippen LogP contribution < -0.4 is 20.7 Å². The molecule has 0 bridgehead atoms. The second-order valence-corrected chi connectivity index (χ2v) is 6.30. The molecule has 2 rings (SSSR count). The van der Waals surface area contributed by atoms with Gasteiger partial charge in [-0.15, -0.1) is 0 Å². The summed E-state index contributed by atoms with van der Waals surface area (Å²) in [5.41, 5.74) is 1.78. The van der Waals surface area contributed by atoms with E-state index in [9.17, 15) is 0 Å². The van der Waals surface area contributed by atoms with E-state index >= 15 is 0 Å². The van der Waals surface area contributed by atoms with Gasteiger partial charge in [-0.05, 0) is 56.8 Å². The highest BCUT2D eigenvalue weighted by atomic mass is 32.1. The van der Waals surface area contributed by atoms with E-state index in [2.05, 4.69) is 32.8 Å². The molecule has 0 saturated carbocycles. The van der Waals surface area contributed by atoms with Gasteiger partial charge in [0.15, 0.2) is 5.11 Å². The number of hydrogen-bond donors (Lipinski definition) is 3. The van der Waals surface area contributed by atoms with Crippen molar-refractivity contribution in [1.29, 1.82) is 0 Å². The van der Waals surface area contributed by atoms with Crippen molar-refractivity contribution in [3.8, 4) is 5.75 Å². The zero-order valence-electron chi connectivity index (χ0n) is 15.6. The number of rotatable bonds is 9. The fourth-order valence-corrected chi connectivity index (χ4v) is 2.55. The Morgan fingerprint density at radius 3 is 2.58 bits per heavy atom. The topological polar surface area (TPSA) is 71.1 Å². The van der Waals surface area contributed by atoms with E-state index in [-0.39, 0.29) is 0 Å². The van der Waals surface area contributed by atoms with Gasteiger partial charge in [0.2, 0.25) is 5.95 Å². The average Bonchev–Trinajstić information content (AvgIpc) is 2.60. The molecule has 6 nitrogen and oxygen atoms in total. The molecule has 26 heavy (non-hydrogen) atoms. The minimum Gasteiger partial charge on any atom is -0.494 e. The standard InChI is InChI=1S/C19H27N5OS/c1-4-6-7-12-20-19(26)24-18-21-14(3)13-17(23-18)22-15-8-10-16(11-9-15)25-5-2/h8-11,13H,4-7,12H2,1-3H3,(H3,20,21,22,23,24,26). The Kier molecular flexibility index (Phi) is 8.08. The number of aromatic nitrogens is 2. The summed E-state index contributed by atoms with van der Waals surface area (Å²) >= 11 is 5.30. The Morgan fingerprint density at radius 1 is 1.12 bits per heavy atom. The Morgan fingerprint density at radius 2 is 1.88 bits per heavy atom. The molecular weight excluding hydrogens is 346 g/mol. The van der Waals surface area contributed by atoms with E-state index in [0.717, 1.165) is 30.1 Å². The Balaban J connectivity index is 1.96. The Bertz CT molecular complexity index is 706. The van der Waals surface area contributed by atoms with E-state index < -0.39 is 0 Å². The average molecular weight is 374 g/mol. The number of aryl methyl sites for hydroxylation is 1. The second kappa shape index (κ2) is 10.6. The zero-order valence-corrected chi connectivity index (χ0v) is 16.4. The monoisotopic (exact) mass is 373 g/mol. The van der Waals surface area contributed by atoms with Crippen LogP contribution in [0.4, 0.5) is 17.5 Å². The largest absolute Gasteiger partial charge is 0.494 e. The normalized spacial score (nSPS) is 10.3. The van der Waals surface area contributed by atoms with Gasteiger partial charge in [-0.1, -0.05) is 19.8 Å². The van der Waals surface area contributed by atoms with Crippen molar-refractivity contribution in [3.63, 3.8) is 0 Å². The lowest BCUT2D eigenvalue weighted by molar-refractivity contribution is 0.340. The molecule has 0 unspecified atom stereocenters. The van der Waals surface area contributed by atoms with Gasteiger partial charge in [-0.2, -0.15) is 4.98 Å². The van der Waals surface area contributed by atoms with Gasteiger partial charge in [-0.3, -0.25) is 0 Å². The van der Waals surface area contributed by atoms with Crippen LogP contribution in [-0.4, -0.2) is 28.2 Å². The molecule has 0 spiro atoms.